The Bertz CT molecular complexity index is 406. The first kappa shape index (κ1) is 15.4. The highest BCUT2D eigenvalue weighted by molar-refractivity contribution is 5.79. The van der Waals surface area contributed by atoms with Gasteiger partial charge in [-0.15, -0.1) is 0 Å². The zero-order valence-electron chi connectivity index (χ0n) is 12.0. The molecule has 1 rings (SSSR count). The highest BCUT2D eigenvalue weighted by atomic mass is 16.1. The van der Waals surface area contributed by atoms with Crippen molar-refractivity contribution < 1.29 is 4.79 Å². The largest absolute Gasteiger partial charge is 0.368 e. The van der Waals surface area contributed by atoms with Gasteiger partial charge in [0.15, 0.2) is 0 Å². The second-order valence-corrected chi connectivity index (χ2v) is 5.01. The van der Waals surface area contributed by atoms with Gasteiger partial charge in [0.2, 0.25) is 5.91 Å². The number of nitrogens with two attached hydrogens (primary N) is 1. The number of carbonyl (C=O) groups is 1. The topological polar surface area (TPSA) is 71.2 Å². The third-order valence-corrected chi connectivity index (χ3v) is 2.66. The molecule has 106 valence electrons. The number of hydrogen-bond donors (Lipinski definition) is 2. The van der Waals surface area contributed by atoms with E-state index in [9.17, 15) is 4.79 Å². The number of primary amides is 1. The number of amides is 1. The van der Waals surface area contributed by atoms with Crippen LogP contribution in [0.25, 0.3) is 0 Å². The molecule has 0 aromatic carbocycles. The molecule has 0 fully saturated rings. The predicted octanol–water partition coefficient (Wildman–Crippen LogP) is 1.14. The van der Waals surface area contributed by atoms with E-state index in [0.717, 1.165) is 31.0 Å². The van der Waals surface area contributed by atoms with Crippen LogP contribution in [0, 0.1) is 5.92 Å². The van der Waals surface area contributed by atoms with Crippen LogP contribution in [0.1, 0.15) is 26.3 Å². The molecule has 1 amide bonds. The molecule has 0 spiro atoms. The van der Waals surface area contributed by atoms with Crippen molar-refractivity contribution >= 4 is 11.7 Å². The Kier molecular flexibility index (Phi) is 6.29. The van der Waals surface area contributed by atoms with Gasteiger partial charge in [-0.05, 0) is 18.5 Å². The SMILES string of the molecule is CCNCc1cccnc1N(CC(N)=O)CC(C)C. The molecule has 0 aliphatic heterocycles. The standard InChI is InChI=1S/C14H24N4O/c1-4-16-8-12-6-5-7-17-14(12)18(9-11(2)3)10-13(15)19/h5-7,11,16H,4,8-10H2,1-3H3,(H2,15,19). The summed E-state index contributed by atoms with van der Waals surface area (Å²) in [6, 6.07) is 3.94. The van der Waals surface area contributed by atoms with Gasteiger partial charge < -0.3 is 16.0 Å². The summed E-state index contributed by atoms with van der Waals surface area (Å²) < 4.78 is 0. The fourth-order valence-electron chi connectivity index (χ4n) is 1.97. The number of anilines is 1. The molecule has 1 aromatic rings. The highest BCUT2D eigenvalue weighted by Crippen LogP contribution is 2.18. The maximum atomic E-state index is 11.2. The summed E-state index contributed by atoms with van der Waals surface area (Å²) >= 11 is 0. The minimum atomic E-state index is -0.333. The van der Waals surface area contributed by atoms with Gasteiger partial charge in [-0.3, -0.25) is 4.79 Å². The summed E-state index contributed by atoms with van der Waals surface area (Å²) in [5.74, 6) is 0.949. The molecule has 0 radical (unpaired) electrons. The average molecular weight is 264 g/mol. The second kappa shape index (κ2) is 7.74. The van der Waals surface area contributed by atoms with Gasteiger partial charge in [-0.25, -0.2) is 4.98 Å². The van der Waals surface area contributed by atoms with Crippen molar-refractivity contribution in [1.29, 1.82) is 0 Å². The molecule has 0 unspecified atom stereocenters. The molecule has 3 N–H and O–H groups in total. The number of aromatic nitrogens is 1. The number of rotatable bonds is 8. The number of carbonyl (C=O) groups excluding carboxylic acids is 1. The Morgan fingerprint density at radius 1 is 1.53 bits per heavy atom. The van der Waals surface area contributed by atoms with Gasteiger partial charge in [0.05, 0.1) is 6.54 Å². The zero-order chi connectivity index (χ0) is 14.3. The molecule has 5 nitrogen and oxygen atoms in total. The third kappa shape index (κ3) is 5.26. The smallest absolute Gasteiger partial charge is 0.236 e. The minimum absolute atomic E-state index is 0.203. The Morgan fingerprint density at radius 3 is 2.84 bits per heavy atom. The van der Waals surface area contributed by atoms with Crippen molar-refractivity contribution in [2.75, 3.05) is 24.5 Å². The molecular formula is C14H24N4O. The third-order valence-electron chi connectivity index (χ3n) is 2.66. The minimum Gasteiger partial charge on any atom is -0.368 e. The molecule has 1 aromatic heterocycles. The van der Waals surface area contributed by atoms with E-state index >= 15 is 0 Å². The number of hydrogen-bond acceptors (Lipinski definition) is 4. The molecule has 0 saturated carbocycles. The Balaban J connectivity index is 2.95. The van der Waals surface area contributed by atoms with Crippen molar-refractivity contribution in [2.24, 2.45) is 11.7 Å². The van der Waals surface area contributed by atoms with E-state index in [4.69, 9.17) is 5.73 Å². The van der Waals surface area contributed by atoms with Crippen LogP contribution in [0.5, 0.6) is 0 Å². The summed E-state index contributed by atoms with van der Waals surface area (Å²) in [4.78, 5) is 17.6. The fraction of sp³-hybridized carbons (Fsp3) is 0.571. The van der Waals surface area contributed by atoms with E-state index in [2.05, 4.69) is 31.1 Å². The lowest BCUT2D eigenvalue weighted by atomic mass is 10.1. The summed E-state index contributed by atoms with van der Waals surface area (Å²) in [6.07, 6.45) is 1.75. The van der Waals surface area contributed by atoms with Gasteiger partial charge in [0.25, 0.3) is 0 Å². The molecule has 19 heavy (non-hydrogen) atoms. The molecule has 0 saturated heterocycles. The first-order chi connectivity index (χ1) is 9.04. The van der Waals surface area contributed by atoms with Gasteiger partial charge >= 0.3 is 0 Å². The first-order valence-electron chi connectivity index (χ1n) is 6.72. The van der Waals surface area contributed by atoms with E-state index in [1.807, 2.05) is 17.0 Å². The summed E-state index contributed by atoms with van der Waals surface area (Å²) in [5, 5.41) is 3.28. The Morgan fingerprint density at radius 2 is 2.26 bits per heavy atom. The van der Waals surface area contributed by atoms with Gasteiger partial charge in [-0.1, -0.05) is 26.8 Å². The molecule has 0 atom stereocenters. The average Bonchev–Trinajstić information content (AvgIpc) is 2.35. The quantitative estimate of drug-likeness (QED) is 0.738. The lowest BCUT2D eigenvalue weighted by Gasteiger charge is -2.26. The maximum absolute atomic E-state index is 11.2. The Labute approximate surface area is 115 Å². The molecule has 0 bridgehead atoms. The summed E-state index contributed by atoms with van der Waals surface area (Å²) in [7, 11) is 0. The van der Waals surface area contributed by atoms with Gasteiger partial charge in [0, 0.05) is 24.8 Å². The number of pyridine rings is 1. The number of nitrogens with zero attached hydrogens (tertiary/aromatic N) is 2. The van der Waals surface area contributed by atoms with Crippen LogP contribution < -0.4 is 16.0 Å². The van der Waals surface area contributed by atoms with Crippen molar-refractivity contribution in [1.82, 2.24) is 10.3 Å². The number of nitrogens with one attached hydrogen (secondary N) is 1. The second-order valence-electron chi connectivity index (χ2n) is 5.01. The fourth-order valence-corrected chi connectivity index (χ4v) is 1.97. The monoisotopic (exact) mass is 264 g/mol. The van der Waals surface area contributed by atoms with E-state index in [-0.39, 0.29) is 12.5 Å². The van der Waals surface area contributed by atoms with Crippen molar-refractivity contribution in [3.8, 4) is 0 Å². The van der Waals surface area contributed by atoms with Crippen LogP contribution in [-0.2, 0) is 11.3 Å². The van der Waals surface area contributed by atoms with E-state index in [0.29, 0.717) is 5.92 Å². The van der Waals surface area contributed by atoms with Crippen molar-refractivity contribution in [3.05, 3.63) is 23.9 Å². The van der Waals surface area contributed by atoms with Crippen LogP contribution in [0.15, 0.2) is 18.3 Å². The van der Waals surface area contributed by atoms with Crippen LogP contribution in [0.3, 0.4) is 0 Å². The van der Waals surface area contributed by atoms with E-state index in [1.54, 1.807) is 6.20 Å². The van der Waals surface area contributed by atoms with E-state index < -0.39 is 0 Å². The summed E-state index contributed by atoms with van der Waals surface area (Å²) in [5.41, 5.74) is 6.42. The molecule has 0 aliphatic rings. The molecule has 1 heterocycles. The Hall–Kier alpha value is -1.62. The lowest BCUT2D eigenvalue weighted by Crippen LogP contribution is -2.37. The summed E-state index contributed by atoms with van der Waals surface area (Å²) in [6.45, 7) is 8.89. The molecule has 0 aliphatic carbocycles. The normalized spacial score (nSPS) is 10.7. The van der Waals surface area contributed by atoms with Crippen LogP contribution in [-0.4, -0.2) is 30.5 Å². The zero-order valence-corrected chi connectivity index (χ0v) is 12.0. The van der Waals surface area contributed by atoms with Crippen LogP contribution in [0.2, 0.25) is 0 Å². The van der Waals surface area contributed by atoms with Crippen molar-refractivity contribution in [3.63, 3.8) is 0 Å². The maximum Gasteiger partial charge on any atom is 0.236 e. The van der Waals surface area contributed by atoms with Crippen LogP contribution in [0.4, 0.5) is 5.82 Å². The predicted molar refractivity (Wildman–Crippen MR) is 77.9 cm³/mol. The molecular weight excluding hydrogens is 240 g/mol. The lowest BCUT2D eigenvalue weighted by molar-refractivity contribution is -0.116. The van der Waals surface area contributed by atoms with E-state index in [1.165, 1.54) is 0 Å². The first-order valence-corrected chi connectivity index (χ1v) is 6.72. The van der Waals surface area contributed by atoms with Gasteiger partial charge in [-0.2, -0.15) is 0 Å². The van der Waals surface area contributed by atoms with Gasteiger partial charge in [0.1, 0.15) is 5.82 Å². The molecule has 5 heteroatoms. The van der Waals surface area contributed by atoms with Crippen LogP contribution >= 0.6 is 0 Å². The highest BCUT2D eigenvalue weighted by Gasteiger charge is 2.15. The van der Waals surface area contributed by atoms with Crippen molar-refractivity contribution in [2.45, 2.75) is 27.3 Å².